The van der Waals surface area contributed by atoms with Crippen LogP contribution in [0, 0.1) is 0 Å². The van der Waals surface area contributed by atoms with Crippen molar-refractivity contribution in [2.24, 2.45) is 0 Å². The summed E-state index contributed by atoms with van der Waals surface area (Å²) in [7, 11) is 0. The second kappa shape index (κ2) is 3.13. The molecule has 1 aromatic rings. The lowest BCUT2D eigenvalue weighted by Gasteiger charge is -2.05. The fraction of sp³-hybridized carbons (Fsp3) is 0.273. The van der Waals surface area contributed by atoms with Crippen molar-refractivity contribution in [1.29, 1.82) is 0 Å². The summed E-state index contributed by atoms with van der Waals surface area (Å²) in [5, 5.41) is 12.4. The fourth-order valence-corrected chi connectivity index (χ4v) is 1.29. The van der Waals surface area contributed by atoms with Crippen molar-refractivity contribution in [3.8, 4) is 5.75 Å². The second-order valence-electron chi connectivity index (χ2n) is 3.40. The molecular formula is C11H13NO. The van der Waals surface area contributed by atoms with Crippen LogP contribution in [0.5, 0.6) is 5.75 Å². The third-order valence-electron chi connectivity index (χ3n) is 2.23. The fourth-order valence-electron chi connectivity index (χ4n) is 1.29. The molecule has 1 aliphatic rings. The average molecular weight is 175 g/mol. The molecule has 68 valence electrons. The van der Waals surface area contributed by atoms with Crippen molar-refractivity contribution in [3.63, 3.8) is 0 Å². The highest BCUT2D eigenvalue weighted by molar-refractivity contribution is 5.51. The van der Waals surface area contributed by atoms with Gasteiger partial charge >= 0.3 is 0 Å². The van der Waals surface area contributed by atoms with E-state index in [4.69, 9.17) is 5.11 Å². The Bertz CT molecular complexity index is 332. The Morgan fingerprint density at radius 2 is 1.85 bits per heavy atom. The SMILES string of the molecule is CC(Nc1ccc(O)cc1)=C1CC1. The third kappa shape index (κ3) is 2.02. The molecule has 13 heavy (non-hydrogen) atoms. The van der Waals surface area contributed by atoms with Gasteiger partial charge in [-0.25, -0.2) is 0 Å². The summed E-state index contributed by atoms with van der Waals surface area (Å²) in [5.74, 6) is 0.308. The Hall–Kier alpha value is -1.44. The van der Waals surface area contributed by atoms with E-state index in [0.29, 0.717) is 5.75 Å². The minimum Gasteiger partial charge on any atom is -0.508 e. The van der Waals surface area contributed by atoms with Gasteiger partial charge in [-0.2, -0.15) is 0 Å². The van der Waals surface area contributed by atoms with Gasteiger partial charge in [0.15, 0.2) is 0 Å². The van der Waals surface area contributed by atoms with Crippen LogP contribution in [-0.4, -0.2) is 5.11 Å². The minimum absolute atomic E-state index is 0.308. The van der Waals surface area contributed by atoms with Crippen molar-refractivity contribution < 1.29 is 5.11 Å². The Morgan fingerprint density at radius 3 is 2.38 bits per heavy atom. The number of hydrogen-bond donors (Lipinski definition) is 2. The zero-order valence-corrected chi connectivity index (χ0v) is 7.67. The van der Waals surface area contributed by atoms with Crippen molar-refractivity contribution in [2.75, 3.05) is 5.32 Å². The van der Waals surface area contributed by atoms with Crippen molar-refractivity contribution in [3.05, 3.63) is 35.5 Å². The molecule has 0 saturated heterocycles. The number of benzene rings is 1. The lowest BCUT2D eigenvalue weighted by molar-refractivity contribution is 0.475. The molecule has 1 aliphatic carbocycles. The van der Waals surface area contributed by atoms with Gasteiger partial charge in [0.25, 0.3) is 0 Å². The van der Waals surface area contributed by atoms with E-state index >= 15 is 0 Å². The summed E-state index contributed by atoms with van der Waals surface area (Å²) in [5.41, 5.74) is 3.80. The molecule has 1 aromatic carbocycles. The summed E-state index contributed by atoms with van der Waals surface area (Å²) in [6.07, 6.45) is 2.47. The molecule has 0 unspecified atom stereocenters. The van der Waals surface area contributed by atoms with Crippen LogP contribution in [0.25, 0.3) is 0 Å². The van der Waals surface area contributed by atoms with Gasteiger partial charge in [0.05, 0.1) is 0 Å². The van der Waals surface area contributed by atoms with Crippen LogP contribution in [-0.2, 0) is 0 Å². The number of anilines is 1. The monoisotopic (exact) mass is 175 g/mol. The molecule has 2 rings (SSSR count). The molecule has 2 heteroatoms. The lowest BCUT2D eigenvalue weighted by Crippen LogP contribution is -1.94. The summed E-state index contributed by atoms with van der Waals surface area (Å²) in [4.78, 5) is 0. The number of hydrogen-bond acceptors (Lipinski definition) is 2. The van der Waals surface area contributed by atoms with Crippen LogP contribution in [0.3, 0.4) is 0 Å². The van der Waals surface area contributed by atoms with Crippen LogP contribution in [0.1, 0.15) is 19.8 Å². The van der Waals surface area contributed by atoms with E-state index in [1.165, 1.54) is 24.1 Å². The molecule has 1 fully saturated rings. The van der Waals surface area contributed by atoms with E-state index < -0.39 is 0 Å². The average Bonchev–Trinajstić information content (AvgIpc) is 2.91. The summed E-state index contributed by atoms with van der Waals surface area (Å²) >= 11 is 0. The van der Waals surface area contributed by atoms with Crippen LogP contribution < -0.4 is 5.32 Å². The maximum atomic E-state index is 9.07. The Labute approximate surface area is 77.9 Å². The van der Waals surface area contributed by atoms with Crippen LogP contribution in [0.2, 0.25) is 0 Å². The van der Waals surface area contributed by atoms with Crippen LogP contribution >= 0.6 is 0 Å². The molecule has 2 nitrogen and oxygen atoms in total. The van der Waals surface area contributed by atoms with Gasteiger partial charge in [0.1, 0.15) is 5.75 Å². The highest BCUT2D eigenvalue weighted by Crippen LogP contribution is 2.31. The topological polar surface area (TPSA) is 32.3 Å². The lowest BCUT2D eigenvalue weighted by atomic mass is 10.3. The standard InChI is InChI=1S/C11H13NO/c1-8(9-2-3-9)12-10-4-6-11(13)7-5-10/h4-7,12-13H,2-3H2,1H3. The van der Waals surface area contributed by atoms with E-state index in [1.54, 1.807) is 12.1 Å². The third-order valence-corrected chi connectivity index (χ3v) is 2.23. The molecule has 0 spiro atoms. The highest BCUT2D eigenvalue weighted by atomic mass is 16.3. The summed E-state index contributed by atoms with van der Waals surface area (Å²) in [6, 6.07) is 7.13. The van der Waals surface area contributed by atoms with Crippen LogP contribution in [0.15, 0.2) is 35.5 Å². The van der Waals surface area contributed by atoms with E-state index in [9.17, 15) is 0 Å². The predicted octanol–water partition coefficient (Wildman–Crippen LogP) is 2.87. The van der Waals surface area contributed by atoms with Crippen molar-refractivity contribution in [1.82, 2.24) is 0 Å². The number of phenolic OH excluding ortho intramolecular Hbond substituents is 1. The second-order valence-corrected chi connectivity index (χ2v) is 3.40. The number of nitrogens with one attached hydrogen (secondary N) is 1. The van der Waals surface area contributed by atoms with E-state index in [1.807, 2.05) is 12.1 Å². The van der Waals surface area contributed by atoms with E-state index in [0.717, 1.165) is 5.69 Å². The highest BCUT2D eigenvalue weighted by Gasteiger charge is 2.14. The van der Waals surface area contributed by atoms with Gasteiger partial charge in [-0.3, -0.25) is 0 Å². The van der Waals surface area contributed by atoms with Crippen molar-refractivity contribution in [2.45, 2.75) is 19.8 Å². The molecule has 0 bridgehead atoms. The Kier molecular flexibility index (Phi) is 1.97. The molecular weight excluding hydrogens is 162 g/mol. The number of allylic oxidation sites excluding steroid dienone is 2. The maximum Gasteiger partial charge on any atom is 0.115 e. The van der Waals surface area contributed by atoms with Gasteiger partial charge in [0, 0.05) is 11.4 Å². The molecule has 0 heterocycles. The first-order chi connectivity index (χ1) is 6.25. The number of phenols is 1. The van der Waals surface area contributed by atoms with Gasteiger partial charge < -0.3 is 10.4 Å². The number of aromatic hydroxyl groups is 1. The first kappa shape index (κ1) is 8.17. The molecule has 2 N–H and O–H groups in total. The first-order valence-electron chi connectivity index (χ1n) is 4.50. The normalized spacial score (nSPS) is 14.1. The summed E-state index contributed by atoms with van der Waals surface area (Å²) in [6.45, 7) is 2.09. The number of rotatable bonds is 2. The van der Waals surface area contributed by atoms with Crippen molar-refractivity contribution >= 4 is 5.69 Å². The van der Waals surface area contributed by atoms with Gasteiger partial charge in [-0.15, -0.1) is 0 Å². The quantitative estimate of drug-likeness (QED) is 0.677. The largest absolute Gasteiger partial charge is 0.508 e. The van der Waals surface area contributed by atoms with Gasteiger partial charge in [-0.1, -0.05) is 5.57 Å². The van der Waals surface area contributed by atoms with Crippen LogP contribution in [0.4, 0.5) is 5.69 Å². The molecule has 0 atom stereocenters. The Balaban J connectivity index is 2.10. The molecule has 0 aromatic heterocycles. The van der Waals surface area contributed by atoms with Gasteiger partial charge in [0.2, 0.25) is 0 Å². The van der Waals surface area contributed by atoms with E-state index in [-0.39, 0.29) is 0 Å². The summed E-state index contributed by atoms with van der Waals surface area (Å²) < 4.78 is 0. The zero-order valence-electron chi connectivity index (χ0n) is 7.67. The zero-order chi connectivity index (χ0) is 9.26. The minimum atomic E-state index is 0.308. The van der Waals surface area contributed by atoms with Gasteiger partial charge in [-0.05, 0) is 44.0 Å². The smallest absolute Gasteiger partial charge is 0.115 e. The molecule has 0 aliphatic heterocycles. The maximum absolute atomic E-state index is 9.07. The molecule has 0 radical (unpaired) electrons. The first-order valence-corrected chi connectivity index (χ1v) is 4.50. The Morgan fingerprint density at radius 1 is 1.23 bits per heavy atom. The van der Waals surface area contributed by atoms with E-state index in [2.05, 4.69) is 12.2 Å². The molecule has 0 amide bonds. The molecule has 1 saturated carbocycles. The predicted molar refractivity (Wildman–Crippen MR) is 53.7 cm³/mol.